The van der Waals surface area contributed by atoms with Crippen LogP contribution in [0.25, 0.3) is 0 Å². The van der Waals surface area contributed by atoms with Crippen LogP contribution in [0, 0.1) is 0 Å². The molecule has 0 aromatic carbocycles. The maximum atomic E-state index is 5.60. The largest absolute Gasteiger partial charge is 0.383 e. The van der Waals surface area contributed by atoms with Crippen molar-refractivity contribution in [2.45, 2.75) is 25.5 Å². The van der Waals surface area contributed by atoms with Gasteiger partial charge in [0.25, 0.3) is 0 Å². The molecule has 1 N–H and O–H groups in total. The SMILES string of the molecule is COCC(C)NCCOC1CCOC1. The van der Waals surface area contributed by atoms with Gasteiger partial charge in [-0.15, -0.1) is 0 Å². The van der Waals surface area contributed by atoms with Crippen molar-refractivity contribution in [3.63, 3.8) is 0 Å². The van der Waals surface area contributed by atoms with Crippen LogP contribution in [-0.4, -0.2) is 52.2 Å². The van der Waals surface area contributed by atoms with Crippen molar-refractivity contribution in [2.75, 3.05) is 40.1 Å². The number of ether oxygens (including phenoxy) is 3. The van der Waals surface area contributed by atoms with Crippen molar-refractivity contribution in [1.82, 2.24) is 5.32 Å². The summed E-state index contributed by atoms with van der Waals surface area (Å²) >= 11 is 0. The molecule has 0 aromatic heterocycles. The summed E-state index contributed by atoms with van der Waals surface area (Å²) in [6.07, 6.45) is 1.35. The smallest absolute Gasteiger partial charge is 0.0831 e. The van der Waals surface area contributed by atoms with Gasteiger partial charge in [0.1, 0.15) is 0 Å². The van der Waals surface area contributed by atoms with Gasteiger partial charge in [-0.1, -0.05) is 0 Å². The Morgan fingerprint density at radius 1 is 1.57 bits per heavy atom. The predicted molar refractivity (Wildman–Crippen MR) is 54.5 cm³/mol. The Balaban J connectivity index is 1.88. The van der Waals surface area contributed by atoms with Gasteiger partial charge in [0.2, 0.25) is 0 Å². The normalized spacial score (nSPS) is 24.0. The minimum Gasteiger partial charge on any atom is -0.383 e. The lowest BCUT2D eigenvalue weighted by atomic mass is 10.3. The second-order valence-electron chi connectivity index (χ2n) is 3.67. The van der Waals surface area contributed by atoms with E-state index in [4.69, 9.17) is 14.2 Å². The molecule has 0 amide bonds. The van der Waals surface area contributed by atoms with Gasteiger partial charge in [0.15, 0.2) is 0 Å². The van der Waals surface area contributed by atoms with Crippen LogP contribution >= 0.6 is 0 Å². The van der Waals surface area contributed by atoms with Gasteiger partial charge in [-0.3, -0.25) is 0 Å². The molecule has 0 spiro atoms. The number of nitrogens with one attached hydrogen (secondary N) is 1. The fraction of sp³-hybridized carbons (Fsp3) is 1.00. The minimum atomic E-state index is 0.314. The molecule has 1 aliphatic rings. The van der Waals surface area contributed by atoms with Crippen LogP contribution < -0.4 is 5.32 Å². The molecule has 14 heavy (non-hydrogen) atoms. The Morgan fingerprint density at radius 3 is 3.07 bits per heavy atom. The first-order valence-electron chi connectivity index (χ1n) is 5.24. The van der Waals surface area contributed by atoms with Crippen LogP contribution in [-0.2, 0) is 14.2 Å². The molecule has 1 rings (SSSR count). The summed E-state index contributed by atoms with van der Waals surface area (Å²) in [7, 11) is 1.71. The summed E-state index contributed by atoms with van der Waals surface area (Å²) in [6.45, 7) is 6.07. The van der Waals surface area contributed by atoms with Gasteiger partial charge in [-0.05, 0) is 13.3 Å². The van der Waals surface area contributed by atoms with Crippen molar-refractivity contribution in [3.05, 3.63) is 0 Å². The molecule has 1 aliphatic heterocycles. The van der Waals surface area contributed by atoms with Gasteiger partial charge in [-0.2, -0.15) is 0 Å². The summed E-state index contributed by atoms with van der Waals surface area (Å²) in [4.78, 5) is 0. The number of methoxy groups -OCH3 is 1. The zero-order valence-electron chi connectivity index (χ0n) is 9.12. The third-order valence-electron chi connectivity index (χ3n) is 2.25. The quantitative estimate of drug-likeness (QED) is 0.609. The molecule has 2 atom stereocenters. The van der Waals surface area contributed by atoms with Crippen molar-refractivity contribution >= 4 is 0 Å². The van der Waals surface area contributed by atoms with Gasteiger partial charge in [-0.25, -0.2) is 0 Å². The fourth-order valence-electron chi connectivity index (χ4n) is 1.48. The zero-order chi connectivity index (χ0) is 10.2. The second-order valence-corrected chi connectivity index (χ2v) is 3.67. The highest BCUT2D eigenvalue weighted by Gasteiger charge is 2.15. The van der Waals surface area contributed by atoms with Crippen molar-refractivity contribution in [2.24, 2.45) is 0 Å². The van der Waals surface area contributed by atoms with Crippen LogP contribution in [0.15, 0.2) is 0 Å². The van der Waals surface area contributed by atoms with E-state index in [1.165, 1.54) is 0 Å². The highest BCUT2D eigenvalue weighted by atomic mass is 16.5. The lowest BCUT2D eigenvalue weighted by Crippen LogP contribution is -2.33. The third kappa shape index (κ3) is 4.91. The average Bonchev–Trinajstić information content (AvgIpc) is 2.65. The Labute approximate surface area is 85.9 Å². The van der Waals surface area contributed by atoms with Crippen LogP contribution in [0.1, 0.15) is 13.3 Å². The van der Waals surface area contributed by atoms with E-state index in [9.17, 15) is 0 Å². The Bertz CT molecular complexity index is 137. The molecular weight excluding hydrogens is 182 g/mol. The zero-order valence-corrected chi connectivity index (χ0v) is 9.12. The molecule has 84 valence electrons. The second kappa shape index (κ2) is 7.17. The molecule has 2 unspecified atom stereocenters. The Kier molecular flexibility index (Phi) is 6.10. The molecule has 4 heteroatoms. The van der Waals surface area contributed by atoms with E-state index in [-0.39, 0.29) is 0 Å². The van der Waals surface area contributed by atoms with Gasteiger partial charge in [0.05, 0.1) is 25.9 Å². The molecule has 0 aromatic rings. The Morgan fingerprint density at radius 2 is 2.43 bits per heavy atom. The predicted octanol–water partition coefficient (Wildman–Crippen LogP) is 0.416. The van der Waals surface area contributed by atoms with Crippen LogP contribution in [0.3, 0.4) is 0 Å². The topological polar surface area (TPSA) is 39.7 Å². The lowest BCUT2D eigenvalue weighted by molar-refractivity contribution is 0.0424. The van der Waals surface area contributed by atoms with Gasteiger partial charge in [0, 0.05) is 26.3 Å². The van der Waals surface area contributed by atoms with E-state index >= 15 is 0 Å². The molecule has 1 heterocycles. The lowest BCUT2D eigenvalue weighted by Gasteiger charge is -2.14. The molecule has 4 nitrogen and oxygen atoms in total. The molecule has 0 saturated carbocycles. The maximum Gasteiger partial charge on any atom is 0.0831 e. The van der Waals surface area contributed by atoms with E-state index in [1.807, 2.05) is 0 Å². The first-order valence-corrected chi connectivity index (χ1v) is 5.24. The summed E-state index contributed by atoms with van der Waals surface area (Å²) in [5, 5.41) is 3.32. The summed E-state index contributed by atoms with van der Waals surface area (Å²) in [6, 6.07) is 0.392. The first kappa shape index (κ1) is 11.9. The van der Waals surface area contributed by atoms with Gasteiger partial charge >= 0.3 is 0 Å². The summed E-state index contributed by atoms with van der Waals surface area (Å²) < 4.78 is 15.8. The van der Waals surface area contributed by atoms with Crippen molar-refractivity contribution in [1.29, 1.82) is 0 Å². The molecule has 0 radical (unpaired) electrons. The minimum absolute atomic E-state index is 0.314. The van der Waals surface area contributed by atoms with Crippen molar-refractivity contribution in [3.8, 4) is 0 Å². The van der Waals surface area contributed by atoms with Gasteiger partial charge < -0.3 is 19.5 Å². The molecule has 1 saturated heterocycles. The highest BCUT2D eigenvalue weighted by Crippen LogP contribution is 2.07. The van der Waals surface area contributed by atoms with E-state index in [1.54, 1.807) is 7.11 Å². The maximum absolute atomic E-state index is 5.60. The van der Waals surface area contributed by atoms with Crippen LogP contribution in [0.5, 0.6) is 0 Å². The van der Waals surface area contributed by atoms with E-state index in [2.05, 4.69) is 12.2 Å². The van der Waals surface area contributed by atoms with Crippen molar-refractivity contribution < 1.29 is 14.2 Å². The standard InChI is InChI=1S/C10H21NO3/c1-9(7-12-2)11-4-6-14-10-3-5-13-8-10/h9-11H,3-8H2,1-2H3. The number of hydrogen-bond donors (Lipinski definition) is 1. The summed E-state index contributed by atoms with van der Waals surface area (Å²) in [5.74, 6) is 0. The van der Waals surface area contributed by atoms with Crippen LogP contribution in [0.2, 0.25) is 0 Å². The molecular formula is C10H21NO3. The fourth-order valence-corrected chi connectivity index (χ4v) is 1.48. The molecule has 0 aliphatic carbocycles. The Hall–Kier alpha value is -0.160. The number of rotatable bonds is 7. The van der Waals surface area contributed by atoms with E-state index in [0.717, 1.165) is 39.4 Å². The van der Waals surface area contributed by atoms with Crippen LogP contribution in [0.4, 0.5) is 0 Å². The highest BCUT2D eigenvalue weighted by molar-refractivity contribution is 4.64. The average molecular weight is 203 g/mol. The van der Waals surface area contributed by atoms with E-state index < -0.39 is 0 Å². The monoisotopic (exact) mass is 203 g/mol. The first-order chi connectivity index (χ1) is 6.83. The van der Waals surface area contributed by atoms with E-state index in [0.29, 0.717) is 12.1 Å². The number of hydrogen-bond acceptors (Lipinski definition) is 4. The molecule has 0 bridgehead atoms. The third-order valence-corrected chi connectivity index (χ3v) is 2.25. The molecule has 1 fully saturated rings. The summed E-state index contributed by atoms with van der Waals surface area (Å²) in [5.41, 5.74) is 0.